The van der Waals surface area contributed by atoms with Gasteiger partial charge in [-0.1, -0.05) is 13.8 Å². The summed E-state index contributed by atoms with van der Waals surface area (Å²) in [6.45, 7) is 6.28. The topological polar surface area (TPSA) is 61.2 Å². The maximum atomic E-state index is 12.3. The van der Waals surface area contributed by atoms with Crippen LogP contribution in [0.3, 0.4) is 0 Å². The van der Waals surface area contributed by atoms with Crippen LogP contribution in [-0.4, -0.2) is 40.3 Å². The normalized spacial score (nSPS) is 17.9. The summed E-state index contributed by atoms with van der Waals surface area (Å²) in [4.78, 5) is 13.7. The number of carbonyl (C=O) groups is 1. The molecule has 3 rings (SSSR count). The van der Waals surface area contributed by atoms with Crippen molar-refractivity contribution in [1.29, 1.82) is 0 Å². The first-order chi connectivity index (χ1) is 14.5. The van der Waals surface area contributed by atoms with E-state index in [1.165, 1.54) is 21.6 Å². The summed E-state index contributed by atoms with van der Waals surface area (Å²) in [5, 5.41) is 3.14. The molecular formula is C24H33N2O4+. The van der Waals surface area contributed by atoms with E-state index in [0.29, 0.717) is 6.54 Å². The Balaban J connectivity index is 1.90. The number of fused-ring (bicyclic) bond motifs is 1. The molecule has 0 saturated carbocycles. The largest absolute Gasteiger partial charge is 0.497 e. The van der Waals surface area contributed by atoms with Crippen LogP contribution in [0.1, 0.15) is 36.6 Å². The fourth-order valence-corrected chi connectivity index (χ4v) is 4.05. The highest BCUT2D eigenvalue weighted by atomic mass is 16.5. The van der Waals surface area contributed by atoms with Gasteiger partial charge in [-0.25, -0.2) is 0 Å². The third-order valence-electron chi connectivity index (χ3n) is 5.82. The SMILES string of the molecule is COc1ccc(C[NH+]2CCc3cc(OC)c(OC)cc3[C@H]2CNC(=O)C(C)C)cc1. The van der Waals surface area contributed by atoms with Gasteiger partial charge < -0.3 is 24.4 Å². The summed E-state index contributed by atoms with van der Waals surface area (Å²) < 4.78 is 16.3. The van der Waals surface area contributed by atoms with Gasteiger partial charge in [0.15, 0.2) is 11.5 Å². The molecule has 0 spiro atoms. The molecule has 2 aromatic carbocycles. The Morgan fingerprint density at radius 1 is 1.07 bits per heavy atom. The number of carbonyl (C=O) groups excluding carboxylic acids is 1. The number of rotatable bonds is 8. The van der Waals surface area contributed by atoms with Gasteiger partial charge in [-0.3, -0.25) is 4.79 Å². The van der Waals surface area contributed by atoms with E-state index < -0.39 is 0 Å². The zero-order chi connectivity index (χ0) is 21.7. The van der Waals surface area contributed by atoms with Crippen molar-refractivity contribution in [2.75, 3.05) is 34.4 Å². The lowest BCUT2D eigenvalue weighted by atomic mass is 9.91. The van der Waals surface area contributed by atoms with Crippen LogP contribution in [-0.2, 0) is 17.8 Å². The maximum Gasteiger partial charge on any atom is 0.222 e. The fraction of sp³-hybridized carbons (Fsp3) is 0.458. The number of amides is 1. The number of quaternary nitrogens is 1. The standard InChI is InChI=1S/C24H32N2O4/c1-16(2)24(27)25-14-21-20-13-23(30-5)22(29-4)12-18(20)10-11-26(21)15-17-6-8-19(28-3)9-7-17/h6-9,12-13,16,21H,10-11,14-15H2,1-5H3,(H,25,27)/p+1/t21-/m1/s1. The second-order valence-electron chi connectivity index (χ2n) is 8.04. The molecule has 30 heavy (non-hydrogen) atoms. The molecule has 6 heteroatoms. The van der Waals surface area contributed by atoms with Gasteiger partial charge in [0.25, 0.3) is 0 Å². The zero-order valence-electron chi connectivity index (χ0n) is 18.6. The summed E-state index contributed by atoms with van der Waals surface area (Å²) >= 11 is 0. The van der Waals surface area contributed by atoms with E-state index in [0.717, 1.165) is 36.8 Å². The Bertz CT molecular complexity index is 864. The highest BCUT2D eigenvalue weighted by Gasteiger charge is 2.33. The van der Waals surface area contributed by atoms with E-state index in [1.807, 2.05) is 26.0 Å². The van der Waals surface area contributed by atoms with E-state index in [2.05, 4.69) is 29.6 Å². The van der Waals surface area contributed by atoms with Crippen molar-refractivity contribution in [2.45, 2.75) is 32.9 Å². The van der Waals surface area contributed by atoms with Gasteiger partial charge in [0.05, 0.1) is 34.4 Å². The van der Waals surface area contributed by atoms with Crippen molar-refractivity contribution in [3.05, 3.63) is 53.1 Å². The summed E-state index contributed by atoms with van der Waals surface area (Å²) in [6.07, 6.45) is 0.954. The smallest absolute Gasteiger partial charge is 0.222 e. The van der Waals surface area contributed by atoms with Crippen molar-refractivity contribution < 1.29 is 23.9 Å². The van der Waals surface area contributed by atoms with Gasteiger partial charge in [-0.2, -0.15) is 0 Å². The molecule has 1 heterocycles. The molecule has 0 radical (unpaired) electrons. The third-order valence-corrected chi connectivity index (χ3v) is 5.82. The first-order valence-corrected chi connectivity index (χ1v) is 10.5. The van der Waals surface area contributed by atoms with Crippen LogP contribution < -0.4 is 24.4 Å². The molecule has 0 saturated heterocycles. The van der Waals surface area contributed by atoms with Crippen molar-refractivity contribution in [1.82, 2.24) is 5.32 Å². The van der Waals surface area contributed by atoms with Crippen LogP contribution >= 0.6 is 0 Å². The Kier molecular flexibility index (Phi) is 7.21. The molecule has 162 valence electrons. The average Bonchev–Trinajstić information content (AvgIpc) is 2.77. The van der Waals surface area contributed by atoms with Crippen molar-refractivity contribution >= 4 is 5.91 Å². The Labute approximate surface area is 179 Å². The minimum Gasteiger partial charge on any atom is -0.497 e. The van der Waals surface area contributed by atoms with Crippen LogP contribution in [0.5, 0.6) is 17.2 Å². The quantitative estimate of drug-likeness (QED) is 0.696. The number of ether oxygens (including phenoxy) is 3. The van der Waals surface area contributed by atoms with Gasteiger partial charge in [-0.05, 0) is 42.0 Å². The lowest BCUT2D eigenvalue weighted by molar-refractivity contribution is -0.945. The monoisotopic (exact) mass is 413 g/mol. The van der Waals surface area contributed by atoms with Gasteiger partial charge in [0, 0.05) is 23.5 Å². The Hall–Kier alpha value is -2.73. The van der Waals surface area contributed by atoms with E-state index in [9.17, 15) is 4.79 Å². The number of nitrogens with one attached hydrogen (secondary N) is 2. The third kappa shape index (κ3) is 4.87. The van der Waals surface area contributed by atoms with E-state index in [4.69, 9.17) is 14.2 Å². The van der Waals surface area contributed by atoms with Crippen molar-refractivity contribution in [3.63, 3.8) is 0 Å². The molecule has 2 atom stereocenters. The summed E-state index contributed by atoms with van der Waals surface area (Å²) in [7, 11) is 5.00. The van der Waals surface area contributed by atoms with Gasteiger partial charge >= 0.3 is 0 Å². The van der Waals surface area contributed by atoms with Crippen molar-refractivity contribution in [2.24, 2.45) is 5.92 Å². The second kappa shape index (κ2) is 9.85. The van der Waals surface area contributed by atoms with Gasteiger partial charge in [0.2, 0.25) is 5.91 Å². The average molecular weight is 414 g/mol. The van der Waals surface area contributed by atoms with Crippen LogP contribution in [0, 0.1) is 5.92 Å². The van der Waals surface area contributed by atoms with Gasteiger partial charge in [0.1, 0.15) is 18.3 Å². The molecule has 1 unspecified atom stereocenters. The minimum absolute atomic E-state index is 0.0384. The molecule has 6 nitrogen and oxygen atoms in total. The molecule has 0 aliphatic carbocycles. The molecule has 2 aromatic rings. The first-order valence-electron chi connectivity index (χ1n) is 10.5. The predicted octanol–water partition coefficient (Wildman–Crippen LogP) is 2.17. The minimum atomic E-state index is -0.0384. The molecule has 0 aromatic heterocycles. The highest BCUT2D eigenvalue weighted by Crippen LogP contribution is 2.34. The molecule has 0 fully saturated rings. The van der Waals surface area contributed by atoms with Crippen molar-refractivity contribution in [3.8, 4) is 17.2 Å². The fourth-order valence-electron chi connectivity index (χ4n) is 4.05. The number of hydrogen-bond acceptors (Lipinski definition) is 4. The maximum absolute atomic E-state index is 12.3. The summed E-state index contributed by atoms with van der Waals surface area (Å²) in [5.74, 6) is 2.37. The summed E-state index contributed by atoms with van der Waals surface area (Å²) in [6, 6.07) is 12.5. The van der Waals surface area contributed by atoms with E-state index in [-0.39, 0.29) is 17.9 Å². The lowest BCUT2D eigenvalue weighted by Gasteiger charge is -2.35. The predicted molar refractivity (Wildman–Crippen MR) is 116 cm³/mol. The number of benzene rings is 2. The highest BCUT2D eigenvalue weighted by molar-refractivity contribution is 5.77. The summed E-state index contributed by atoms with van der Waals surface area (Å²) in [5.41, 5.74) is 3.72. The molecular weight excluding hydrogens is 380 g/mol. The zero-order valence-corrected chi connectivity index (χ0v) is 18.6. The Morgan fingerprint density at radius 2 is 1.73 bits per heavy atom. The van der Waals surface area contributed by atoms with E-state index >= 15 is 0 Å². The first kappa shape index (κ1) is 22.0. The number of hydrogen-bond donors (Lipinski definition) is 2. The molecule has 2 N–H and O–H groups in total. The Morgan fingerprint density at radius 3 is 2.33 bits per heavy atom. The number of methoxy groups -OCH3 is 3. The van der Waals surface area contributed by atoms with Crippen LogP contribution in [0.4, 0.5) is 0 Å². The van der Waals surface area contributed by atoms with E-state index in [1.54, 1.807) is 21.3 Å². The molecule has 1 aliphatic heterocycles. The molecule has 0 bridgehead atoms. The molecule has 1 amide bonds. The second-order valence-corrected chi connectivity index (χ2v) is 8.04. The van der Waals surface area contributed by atoms with Crippen LogP contribution in [0.25, 0.3) is 0 Å². The van der Waals surface area contributed by atoms with Gasteiger partial charge in [-0.15, -0.1) is 0 Å². The lowest BCUT2D eigenvalue weighted by Crippen LogP contribution is -3.12. The molecule has 1 aliphatic rings. The van der Waals surface area contributed by atoms with Crippen LogP contribution in [0.2, 0.25) is 0 Å². The van der Waals surface area contributed by atoms with Crippen LogP contribution in [0.15, 0.2) is 36.4 Å².